The first-order chi connectivity index (χ1) is 10.2. The Hall–Kier alpha value is -2.40. The predicted octanol–water partition coefficient (Wildman–Crippen LogP) is 2.48. The number of rotatable bonds is 6. The summed E-state index contributed by atoms with van der Waals surface area (Å²) in [4.78, 5) is 0. The molecule has 21 heavy (non-hydrogen) atoms. The third-order valence-corrected chi connectivity index (χ3v) is 3.02. The number of phenolic OH excluding ortho intramolecular Hbond substituents is 1. The molecule has 2 rings (SSSR count). The minimum absolute atomic E-state index is 0.106. The van der Waals surface area contributed by atoms with E-state index < -0.39 is 0 Å². The van der Waals surface area contributed by atoms with E-state index in [1.807, 2.05) is 0 Å². The standard InChI is InChI=1S/C16H18O5/c1-19-14-7-12(9-17)8-15(20-2)16(14)21-10-11-3-5-13(18)6-4-11/h3-8,17-18H,9-10H2,1-2H3. The molecule has 5 nitrogen and oxygen atoms in total. The average molecular weight is 290 g/mol. The fourth-order valence-electron chi connectivity index (χ4n) is 1.92. The van der Waals surface area contributed by atoms with E-state index in [1.165, 1.54) is 14.2 Å². The molecular weight excluding hydrogens is 272 g/mol. The van der Waals surface area contributed by atoms with Gasteiger partial charge in [0.25, 0.3) is 0 Å². The maximum atomic E-state index is 9.26. The third kappa shape index (κ3) is 3.58. The molecule has 5 heteroatoms. The number of aliphatic hydroxyl groups is 1. The molecule has 0 atom stereocenters. The average Bonchev–Trinajstić information content (AvgIpc) is 2.53. The Morgan fingerprint density at radius 1 is 0.905 bits per heavy atom. The maximum Gasteiger partial charge on any atom is 0.203 e. The van der Waals surface area contributed by atoms with E-state index in [-0.39, 0.29) is 12.4 Å². The fraction of sp³-hybridized carbons (Fsp3) is 0.250. The summed E-state index contributed by atoms with van der Waals surface area (Å²) in [5.74, 6) is 1.68. The van der Waals surface area contributed by atoms with Crippen molar-refractivity contribution in [1.29, 1.82) is 0 Å². The van der Waals surface area contributed by atoms with Gasteiger partial charge in [0, 0.05) is 0 Å². The first-order valence-corrected chi connectivity index (χ1v) is 6.44. The van der Waals surface area contributed by atoms with Gasteiger partial charge < -0.3 is 24.4 Å². The molecule has 2 aromatic carbocycles. The van der Waals surface area contributed by atoms with Crippen molar-refractivity contribution in [3.63, 3.8) is 0 Å². The normalized spacial score (nSPS) is 10.2. The summed E-state index contributed by atoms with van der Waals surface area (Å²) in [5.41, 5.74) is 1.59. The van der Waals surface area contributed by atoms with Gasteiger partial charge in [-0.05, 0) is 35.4 Å². The summed E-state index contributed by atoms with van der Waals surface area (Å²) in [6.07, 6.45) is 0. The van der Waals surface area contributed by atoms with E-state index >= 15 is 0 Å². The van der Waals surface area contributed by atoms with Crippen molar-refractivity contribution in [2.45, 2.75) is 13.2 Å². The van der Waals surface area contributed by atoms with Gasteiger partial charge in [-0.2, -0.15) is 0 Å². The van der Waals surface area contributed by atoms with Crippen LogP contribution in [0.4, 0.5) is 0 Å². The zero-order valence-electron chi connectivity index (χ0n) is 12.0. The molecule has 0 bridgehead atoms. The Kier molecular flexibility index (Phi) is 4.90. The molecule has 0 fully saturated rings. The van der Waals surface area contributed by atoms with Crippen molar-refractivity contribution in [2.24, 2.45) is 0 Å². The van der Waals surface area contributed by atoms with Gasteiger partial charge in [-0.1, -0.05) is 12.1 Å². The second-order valence-corrected chi connectivity index (χ2v) is 4.44. The van der Waals surface area contributed by atoms with Gasteiger partial charge in [-0.3, -0.25) is 0 Å². The van der Waals surface area contributed by atoms with Crippen molar-refractivity contribution in [3.05, 3.63) is 47.5 Å². The van der Waals surface area contributed by atoms with Crippen molar-refractivity contribution in [1.82, 2.24) is 0 Å². The molecular formula is C16H18O5. The summed E-state index contributed by atoms with van der Waals surface area (Å²) >= 11 is 0. The molecule has 2 aromatic rings. The van der Waals surface area contributed by atoms with Crippen LogP contribution in [0.15, 0.2) is 36.4 Å². The van der Waals surface area contributed by atoms with Gasteiger partial charge in [0.1, 0.15) is 12.4 Å². The molecule has 0 amide bonds. The monoisotopic (exact) mass is 290 g/mol. The van der Waals surface area contributed by atoms with E-state index in [9.17, 15) is 10.2 Å². The highest BCUT2D eigenvalue weighted by Crippen LogP contribution is 2.39. The molecule has 0 saturated heterocycles. The smallest absolute Gasteiger partial charge is 0.203 e. The number of aliphatic hydroxyl groups excluding tert-OH is 1. The number of methoxy groups -OCH3 is 2. The quantitative estimate of drug-likeness (QED) is 0.855. The summed E-state index contributed by atoms with van der Waals surface area (Å²) in [6, 6.07) is 10.2. The number of hydrogen-bond donors (Lipinski definition) is 2. The fourth-order valence-corrected chi connectivity index (χ4v) is 1.92. The lowest BCUT2D eigenvalue weighted by Gasteiger charge is -2.15. The molecule has 0 saturated carbocycles. The zero-order chi connectivity index (χ0) is 15.2. The first-order valence-electron chi connectivity index (χ1n) is 6.44. The minimum atomic E-state index is -0.106. The number of hydrogen-bond acceptors (Lipinski definition) is 5. The van der Waals surface area contributed by atoms with Crippen LogP contribution < -0.4 is 14.2 Å². The maximum absolute atomic E-state index is 9.26. The van der Waals surface area contributed by atoms with E-state index in [0.29, 0.717) is 29.4 Å². The Bertz CT molecular complexity index is 567. The van der Waals surface area contributed by atoms with Crippen LogP contribution in [-0.2, 0) is 13.2 Å². The zero-order valence-corrected chi connectivity index (χ0v) is 12.0. The summed E-state index contributed by atoms with van der Waals surface area (Å²) in [5, 5.41) is 18.5. The Morgan fingerprint density at radius 2 is 1.48 bits per heavy atom. The largest absolute Gasteiger partial charge is 0.508 e. The number of benzene rings is 2. The molecule has 0 radical (unpaired) electrons. The van der Waals surface area contributed by atoms with Crippen LogP contribution >= 0.6 is 0 Å². The SMILES string of the molecule is COc1cc(CO)cc(OC)c1OCc1ccc(O)cc1. The van der Waals surface area contributed by atoms with Crippen molar-refractivity contribution >= 4 is 0 Å². The summed E-state index contributed by atoms with van der Waals surface area (Å²) in [7, 11) is 3.06. The van der Waals surface area contributed by atoms with Crippen molar-refractivity contribution in [2.75, 3.05) is 14.2 Å². The second kappa shape index (κ2) is 6.85. The van der Waals surface area contributed by atoms with E-state index in [4.69, 9.17) is 14.2 Å². The van der Waals surface area contributed by atoms with Crippen LogP contribution in [-0.4, -0.2) is 24.4 Å². The molecule has 0 aromatic heterocycles. The summed E-state index contributed by atoms with van der Waals surface area (Å²) < 4.78 is 16.3. The van der Waals surface area contributed by atoms with E-state index in [2.05, 4.69) is 0 Å². The van der Waals surface area contributed by atoms with Crippen LogP contribution in [0, 0.1) is 0 Å². The molecule has 0 spiro atoms. The molecule has 0 unspecified atom stereocenters. The Balaban J connectivity index is 2.23. The van der Waals surface area contributed by atoms with Gasteiger partial charge in [0.2, 0.25) is 5.75 Å². The lowest BCUT2D eigenvalue weighted by Crippen LogP contribution is -2.01. The minimum Gasteiger partial charge on any atom is -0.508 e. The first kappa shape index (κ1) is 15.0. The van der Waals surface area contributed by atoms with Gasteiger partial charge in [0.15, 0.2) is 11.5 Å². The van der Waals surface area contributed by atoms with Crippen molar-refractivity contribution in [3.8, 4) is 23.0 Å². The number of aromatic hydroxyl groups is 1. The highest BCUT2D eigenvalue weighted by molar-refractivity contribution is 5.53. The van der Waals surface area contributed by atoms with Crippen LogP contribution in [0.25, 0.3) is 0 Å². The third-order valence-electron chi connectivity index (χ3n) is 3.02. The Labute approximate surface area is 123 Å². The lowest BCUT2D eigenvalue weighted by atomic mass is 10.2. The molecule has 0 aliphatic carbocycles. The van der Waals surface area contributed by atoms with Crippen LogP contribution in [0.1, 0.15) is 11.1 Å². The molecule has 0 heterocycles. The summed E-state index contributed by atoms with van der Waals surface area (Å²) in [6.45, 7) is 0.205. The second-order valence-electron chi connectivity index (χ2n) is 4.44. The number of phenols is 1. The molecule has 0 aliphatic rings. The highest BCUT2D eigenvalue weighted by atomic mass is 16.5. The molecule has 112 valence electrons. The Morgan fingerprint density at radius 3 is 1.95 bits per heavy atom. The van der Waals surface area contributed by atoms with E-state index in [1.54, 1.807) is 36.4 Å². The van der Waals surface area contributed by atoms with Crippen LogP contribution in [0.2, 0.25) is 0 Å². The predicted molar refractivity (Wildman–Crippen MR) is 77.9 cm³/mol. The lowest BCUT2D eigenvalue weighted by molar-refractivity contribution is 0.260. The van der Waals surface area contributed by atoms with Gasteiger partial charge in [0.05, 0.1) is 20.8 Å². The van der Waals surface area contributed by atoms with Crippen LogP contribution in [0.3, 0.4) is 0 Å². The van der Waals surface area contributed by atoms with E-state index in [0.717, 1.165) is 5.56 Å². The highest BCUT2D eigenvalue weighted by Gasteiger charge is 2.14. The van der Waals surface area contributed by atoms with Crippen molar-refractivity contribution < 1.29 is 24.4 Å². The molecule has 0 aliphatic heterocycles. The van der Waals surface area contributed by atoms with Gasteiger partial charge in [-0.25, -0.2) is 0 Å². The van der Waals surface area contributed by atoms with Gasteiger partial charge in [-0.15, -0.1) is 0 Å². The molecule has 2 N–H and O–H groups in total. The van der Waals surface area contributed by atoms with Gasteiger partial charge >= 0.3 is 0 Å². The van der Waals surface area contributed by atoms with Crippen LogP contribution in [0.5, 0.6) is 23.0 Å². The topological polar surface area (TPSA) is 68.2 Å². The number of ether oxygens (including phenoxy) is 3.